The van der Waals surface area contributed by atoms with Crippen molar-refractivity contribution >= 4 is 23.5 Å². The number of hydrogen-bond donors (Lipinski definition) is 0. The Kier molecular flexibility index (Phi) is 8.65. The van der Waals surface area contributed by atoms with Crippen molar-refractivity contribution in [3.8, 4) is 11.8 Å². The van der Waals surface area contributed by atoms with E-state index >= 15 is 0 Å². The van der Waals surface area contributed by atoms with E-state index < -0.39 is 0 Å². The third kappa shape index (κ3) is 5.33. The highest BCUT2D eigenvalue weighted by Crippen LogP contribution is 2.48. The van der Waals surface area contributed by atoms with Crippen LogP contribution in [0.4, 0.5) is 0 Å². The number of ether oxygens (including phenoxy) is 1. The van der Waals surface area contributed by atoms with Crippen molar-refractivity contribution in [1.82, 2.24) is 0 Å². The lowest BCUT2D eigenvalue weighted by molar-refractivity contribution is 0.0586. The van der Waals surface area contributed by atoms with Crippen molar-refractivity contribution in [3.05, 3.63) is 71.8 Å². The Hall–Kier alpha value is -1.34. The summed E-state index contributed by atoms with van der Waals surface area (Å²) in [7, 11) is 1.80. The van der Waals surface area contributed by atoms with Crippen molar-refractivity contribution in [2.45, 2.75) is 31.0 Å². The number of hydrogen-bond acceptors (Lipinski definition) is 3. The summed E-state index contributed by atoms with van der Waals surface area (Å²) < 4.78 is 5.74. The second-order valence-corrected chi connectivity index (χ2v) is 9.28. The third-order valence-corrected chi connectivity index (χ3v) is 7.40. The van der Waals surface area contributed by atoms with Crippen molar-refractivity contribution < 1.29 is 4.74 Å². The van der Waals surface area contributed by atoms with Crippen molar-refractivity contribution in [3.63, 3.8) is 0 Å². The molecule has 26 heavy (non-hydrogen) atoms. The topological polar surface area (TPSA) is 9.23 Å². The van der Waals surface area contributed by atoms with E-state index in [1.807, 2.05) is 47.8 Å². The lowest BCUT2D eigenvalue weighted by Gasteiger charge is -2.37. The Labute approximate surface area is 167 Å². The molecule has 1 nitrogen and oxygen atoms in total. The molecule has 138 valence electrons. The molecule has 2 atom stereocenters. The highest BCUT2D eigenvalue weighted by molar-refractivity contribution is 8.18. The minimum Gasteiger partial charge on any atom is -0.376 e. The Morgan fingerprint density at radius 3 is 1.96 bits per heavy atom. The molecule has 0 unspecified atom stereocenters. The molecule has 0 fully saturated rings. The molecule has 2 rings (SSSR count). The fraction of sp³-hybridized carbons (Fsp3) is 0.391. The van der Waals surface area contributed by atoms with Crippen LogP contribution in [-0.2, 0) is 4.74 Å². The van der Waals surface area contributed by atoms with Gasteiger partial charge in [-0.05, 0) is 29.2 Å². The SMILES string of the molecule is CCSC(C#Cc1ccccc1)(SCC)[C@@H](C)[C@@H](OC)c1ccccc1. The molecule has 0 aliphatic heterocycles. The van der Waals surface area contributed by atoms with Gasteiger partial charge in [-0.1, -0.05) is 81.1 Å². The highest BCUT2D eigenvalue weighted by atomic mass is 32.2. The number of rotatable bonds is 8. The summed E-state index contributed by atoms with van der Waals surface area (Å²) in [6.07, 6.45) is 0.0133. The Bertz CT molecular complexity index is 697. The fourth-order valence-corrected chi connectivity index (χ4v) is 5.99. The second kappa shape index (κ2) is 10.7. The molecule has 0 radical (unpaired) electrons. The van der Waals surface area contributed by atoms with Crippen LogP contribution < -0.4 is 0 Å². The summed E-state index contributed by atoms with van der Waals surface area (Å²) in [5, 5.41) is 0. The van der Waals surface area contributed by atoms with Gasteiger partial charge in [0.25, 0.3) is 0 Å². The first-order valence-corrected chi connectivity index (χ1v) is 11.1. The molecule has 3 heteroatoms. The van der Waals surface area contributed by atoms with E-state index in [9.17, 15) is 0 Å². The van der Waals surface area contributed by atoms with Crippen LogP contribution in [0.25, 0.3) is 0 Å². The van der Waals surface area contributed by atoms with Gasteiger partial charge in [0.15, 0.2) is 0 Å². The zero-order valence-corrected chi connectivity index (χ0v) is 17.7. The van der Waals surface area contributed by atoms with Gasteiger partial charge in [-0.3, -0.25) is 0 Å². The first kappa shape index (κ1) is 21.0. The average Bonchev–Trinajstić information content (AvgIpc) is 2.68. The summed E-state index contributed by atoms with van der Waals surface area (Å²) >= 11 is 3.85. The molecule has 2 aromatic rings. The number of methoxy groups -OCH3 is 1. The largest absolute Gasteiger partial charge is 0.376 e. The van der Waals surface area contributed by atoms with Crippen LogP contribution in [-0.4, -0.2) is 22.7 Å². The molecule has 0 N–H and O–H groups in total. The predicted molar refractivity (Wildman–Crippen MR) is 118 cm³/mol. The molecule has 2 aromatic carbocycles. The fourth-order valence-electron chi connectivity index (χ4n) is 3.07. The van der Waals surface area contributed by atoms with Gasteiger partial charge in [-0.25, -0.2) is 0 Å². The standard InChI is InChI=1S/C23H28OS2/c1-5-25-23(26-6-2,18-17-20-13-9-7-10-14-20)19(3)22(24-4)21-15-11-8-12-16-21/h7-16,19,22H,5-6H2,1-4H3/t19-,22+/m0/s1. The Morgan fingerprint density at radius 1 is 0.923 bits per heavy atom. The molecule has 0 saturated carbocycles. The van der Waals surface area contributed by atoms with Gasteiger partial charge in [-0.2, -0.15) is 0 Å². The van der Waals surface area contributed by atoms with Gasteiger partial charge in [0.2, 0.25) is 0 Å². The molecule has 0 aliphatic carbocycles. The van der Waals surface area contributed by atoms with E-state index in [2.05, 4.69) is 69.0 Å². The summed E-state index contributed by atoms with van der Waals surface area (Å²) in [6.45, 7) is 6.68. The molecule has 0 heterocycles. The van der Waals surface area contributed by atoms with Crippen LogP contribution in [0.3, 0.4) is 0 Å². The number of thioether (sulfide) groups is 2. The predicted octanol–water partition coefficient (Wildman–Crippen LogP) is 6.26. The highest BCUT2D eigenvalue weighted by Gasteiger charge is 2.40. The van der Waals surface area contributed by atoms with E-state index in [0.29, 0.717) is 0 Å². The van der Waals surface area contributed by atoms with E-state index in [1.165, 1.54) is 5.56 Å². The summed E-state index contributed by atoms with van der Waals surface area (Å²) in [5.74, 6) is 9.33. The molecule has 0 amide bonds. The quantitative estimate of drug-likeness (QED) is 0.392. The van der Waals surface area contributed by atoms with Crippen molar-refractivity contribution in [1.29, 1.82) is 0 Å². The molecule has 0 aromatic heterocycles. The molecule has 0 aliphatic rings. The second-order valence-electron chi connectivity index (χ2n) is 6.01. The Morgan fingerprint density at radius 2 is 1.46 bits per heavy atom. The van der Waals surface area contributed by atoms with Crippen LogP contribution in [0.15, 0.2) is 60.7 Å². The monoisotopic (exact) mass is 384 g/mol. The lowest BCUT2D eigenvalue weighted by atomic mass is 9.93. The van der Waals surface area contributed by atoms with Gasteiger partial charge in [0, 0.05) is 18.6 Å². The first-order valence-electron chi connectivity index (χ1n) is 9.10. The van der Waals surface area contributed by atoms with Gasteiger partial charge < -0.3 is 4.74 Å². The summed E-state index contributed by atoms with van der Waals surface area (Å²) in [4.78, 5) is 0. The van der Waals surface area contributed by atoms with E-state index in [-0.39, 0.29) is 16.1 Å². The summed E-state index contributed by atoms with van der Waals surface area (Å²) in [6, 6.07) is 20.7. The van der Waals surface area contributed by atoms with Gasteiger partial charge in [-0.15, -0.1) is 23.5 Å². The van der Waals surface area contributed by atoms with Crippen LogP contribution >= 0.6 is 23.5 Å². The summed E-state index contributed by atoms with van der Waals surface area (Å²) in [5.41, 5.74) is 2.27. The number of benzene rings is 2. The normalized spacial score (nSPS) is 13.5. The van der Waals surface area contributed by atoms with Crippen LogP contribution in [0, 0.1) is 17.8 Å². The molecular formula is C23H28OS2. The van der Waals surface area contributed by atoms with Gasteiger partial charge >= 0.3 is 0 Å². The molecule has 0 spiro atoms. The maximum atomic E-state index is 5.95. The maximum Gasteiger partial charge on any atom is 0.127 e. The van der Waals surface area contributed by atoms with Crippen molar-refractivity contribution in [2.24, 2.45) is 5.92 Å². The zero-order valence-electron chi connectivity index (χ0n) is 16.1. The minimum absolute atomic E-state index is 0.0133. The minimum atomic E-state index is -0.212. The average molecular weight is 385 g/mol. The Balaban J connectivity index is 2.43. The van der Waals surface area contributed by atoms with Gasteiger partial charge in [0.1, 0.15) is 4.08 Å². The van der Waals surface area contributed by atoms with Gasteiger partial charge in [0.05, 0.1) is 6.10 Å². The van der Waals surface area contributed by atoms with E-state index in [0.717, 1.165) is 17.1 Å². The maximum absolute atomic E-state index is 5.95. The molecular weight excluding hydrogens is 356 g/mol. The van der Waals surface area contributed by atoms with Crippen LogP contribution in [0.5, 0.6) is 0 Å². The van der Waals surface area contributed by atoms with Crippen LogP contribution in [0.2, 0.25) is 0 Å². The van der Waals surface area contributed by atoms with Crippen LogP contribution in [0.1, 0.15) is 38.0 Å². The first-order chi connectivity index (χ1) is 12.7. The lowest BCUT2D eigenvalue weighted by Crippen LogP contribution is -2.33. The zero-order chi connectivity index (χ0) is 18.8. The molecule has 0 bridgehead atoms. The van der Waals surface area contributed by atoms with E-state index in [1.54, 1.807) is 7.11 Å². The third-order valence-electron chi connectivity index (χ3n) is 4.31. The van der Waals surface area contributed by atoms with Crippen molar-refractivity contribution in [2.75, 3.05) is 18.6 Å². The smallest absolute Gasteiger partial charge is 0.127 e. The molecule has 0 saturated heterocycles. The van der Waals surface area contributed by atoms with E-state index in [4.69, 9.17) is 4.74 Å².